The van der Waals surface area contributed by atoms with Crippen molar-refractivity contribution in [2.45, 2.75) is 34.1 Å². The van der Waals surface area contributed by atoms with Gasteiger partial charge in [-0.1, -0.05) is 25.4 Å². The van der Waals surface area contributed by atoms with E-state index < -0.39 is 0 Å². The summed E-state index contributed by atoms with van der Waals surface area (Å²) >= 11 is 6.25. The maximum Gasteiger partial charge on any atom is 0.168 e. The van der Waals surface area contributed by atoms with E-state index in [0.29, 0.717) is 22.8 Å². The van der Waals surface area contributed by atoms with E-state index in [1.54, 1.807) is 7.11 Å². The third kappa shape index (κ3) is 3.74. The van der Waals surface area contributed by atoms with E-state index in [0.717, 1.165) is 30.8 Å². The van der Waals surface area contributed by atoms with Crippen molar-refractivity contribution in [1.82, 2.24) is 4.90 Å². The molecule has 1 rings (SSSR count). The van der Waals surface area contributed by atoms with E-state index in [9.17, 15) is 4.79 Å². The second-order valence-electron chi connectivity index (χ2n) is 4.91. The number of methoxy groups -OCH3 is 1. The molecular weight excluding hydrogens is 274 g/mol. The zero-order valence-corrected chi connectivity index (χ0v) is 13.8. The summed E-state index contributed by atoms with van der Waals surface area (Å²) in [4.78, 5) is 14.7. The Morgan fingerprint density at radius 3 is 2.40 bits per heavy atom. The quantitative estimate of drug-likeness (QED) is 0.715. The Bertz CT molecular complexity index is 482. The molecule has 3 nitrogen and oxygen atoms in total. The molecule has 0 N–H and O–H groups in total. The molecule has 0 amide bonds. The number of ether oxygens (including phenoxy) is 1. The molecule has 0 atom stereocenters. The smallest absolute Gasteiger partial charge is 0.168 e. The van der Waals surface area contributed by atoms with Crippen LogP contribution >= 0.6 is 11.6 Å². The molecule has 4 heteroatoms. The molecule has 0 saturated carbocycles. The first-order valence-corrected chi connectivity index (χ1v) is 7.43. The Morgan fingerprint density at radius 1 is 1.30 bits per heavy atom. The number of carbonyl (C=O) groups is 1. The van der Waals surface area contributed by atoms with Crippen LogP contribution in [0.25, 0.3) is 0 Å². The van der Waals surface area contributed by atoms with Crippen LogP contribution in [0.1, 0.15) is 41.8 Å². The lowest BCUT2D eigenvalue weighted by Crippen LogP contribution is -2.26. The van der Waals surface area contributed by atoms with Gasteiger partial charge < -0.3 is 9.64 Å². The first-order valence-electron chi connectivity index (χ1n) is 7.05. The van der Waals surface area contributed by atoms with Gasteiger partial charge in [0.1, 0.15) is 5.75 Å². The number of nitrogens with zero attached hydrogens (tertiary/aromatic N) is 1. The van der Waals surface area contributed by atoms with E-state index in [1.165, 1.54) is 0 Å². The summed E-state index contributed by atoms with van der Waals surface area (Å²) in [6, 6.07) is 1.83. The fourth-order valence-electron chi connectivity index (χ4n) is 2.35. The fourth-order valence-corrected chi connectivity index (χ4v) is 2.50. The molecule has 0 heterocycles. The van der Waals surface area contributed by atoms with Crippen molar-refractivity contribution in [2.24, 2.45) is 0 Å². The number of ketones is 1. The molecule has 0 aliphatic heterocycles. The van der Waals surface area contributed by atoms with Crippen LogP contribution in [0, 0.1) is 13.8 Å². The van der Waals surface area contributed by atoms with Crippen molar-refractivity contribution in [3.63, 3.8) is 0 Å². The minimum absolute atomic E-state index is 0.0909. The van der Waals surface area contributed by atoms with Crippen molar-refractivity contribution in [3.8, 4) is 5.75 Å². The molecule has 0 unspecified atom stereocenters. The standard InChI is InChI=1S/C16H24ClNO2/c1-6-18(7-2)9-8-13(19)15-12(4)16(17)11(3)10-14(15)20-5/h10H,6-9H2,1-5H3. The van der Waals surface area contributed by atoms with E-state index >= 15 is 0 Å². The molecule has 0 radical (unpaired) electrons. The number of benzene rings is 1. The Hall–Kier alpha value is -1.06. The third-order valence-electron chi connectivity index (χ3n) is 3.69. The van der Waals surface area contributed by atoms with Gasteiger partial charge in [-0.25, -0.2) is 0 Å². The van der Waals surface area contributed by atoms with Gasteiger partial charge >= 0.3 is 0 Å². The molecule has 1 aromatic carbocycles. The summed E-state index contributed by atoms with van der Waals surface area (Å²) in [7, 11) is 1.59. The first kappa shape index (κ1) is 17.0. The zero-order valence-electron chi connectivity index (χ0n) is 13.0. The number of halogens is 1. The van der Waals surface area contributed by atoms with Crippen molar-refractivity contribution in [3.05, 3.63) is 27.8 Å². The Kier molecular flexibility index (Phi) is 6.50. The predicted octanol–water partition coefficient (Wildman–Crippen LogP) is 3.88. The van der Waals surface area contributed by atoms with Gasteiger partial charge in [-0.2, -0.15) is 0 Å². The highest BCUT2D eigenvalue weighted by atomic mass is 35.5. The van der Waals surface area contributed by atoms with E-state index in [4.69, 9.17) is 16.3 Å². The van der Waals surface area contributed by atoms with Gasteiger partial charge in [-0.15, -0.1) is 0 Å². The van der Waals surface area contributed by atoms with Gasteiger partial charge in [0.15, 0.2) is 5.78 Å². The monoisotopic (exact) mass is 297 g/mol. The normalized spacial score (nSPS) is 10.9. The summed E-state index contributed by atoms with van der Waals surface area (Å²) in [5, 5.41) is 0.650. The summed E-state index contributed by atoms with van der Waals surface area (Å²) < 4.78 is 5.35. The van der Waals surface area contributed by atoms with Crippen LogP contribution in [0.15, 0.2) is 6.07 Å². The van der Waals surface area contributed by atoms with Gasteiger partial charge in [-0.3, -0.25) is 4.79 Å². The number of Topliss-reactive ketones (excluding diaryl/α,β-unsaturated/α-hetero) is 1. The molecule has 1 aromatic rings. The van der Waals surface area contributed by atoms with Crippen molar-refractivity contribution in [2.75, 3.05) is 26.7 Å². The van der Waals surface area contributed by atoms with Crippen LogP contribution in [0.4, 0.5) is 0 Å². The minimum atomic E-state index is 0.0909. The number of aryl methyl sites for hydroxylation is 1. The molecule has 0 spiro atoms. The molecule has 0 saturated heterocycles. The molecule has 112 valence electrons. The van der Waals surface area contributed by atoms with Gasteiger partial charge in [0.2, 0.25) is 0 Å². The molecule has 0 fully saturated rings. The average molecular weight is 298 g/mol. The number of hydrogen-bond acceptors (Lipinski definition) is 3. The summed E-state index contributed by atoms with van der Waals surface area (Å²) in [6.07, 6.45) is 0.484. The summed E-state index contributed by atoms with van der Waals surface area (Å²) in [5.41, 5.74) is 2.37. The molecule has 0 bridgehead atoms. The van der Waals surface area contributed by atoms with E-state index in [2.05, 4.69) is 18.7 Å². The van der Waals surface area contributed by atoms with Crippen molar-refractivity contribution < 1.29 is 9.53 Å². The minimum Gasteiger partial charge on any atom is -0.496 e. The second-order valence-corrected chi connectivity index (χ2v) is 5.29. The Morgan fingerprint density at radius 2 is 1.90 bits per heavy atom. The molecule has 20 heavy (non-hydrogen) atoms. The third-order valence-corrected chi connectivity index (χ3v) is 4.27. The lowest BCUT2D eigenvalue weighted by atomic mass is 9.98. The fraction of sp³-hybridized carbons (Fsp3) is 0.562. The highest BCUT2D eigenvalue weighted by Crippen LogP contribution is 2.32. The highest BCUT2D eigenvalue weighted by molar-refractivity contribution is 6.32. The van der Waals surface area contributed by atoms with Crippen LogP contribution in [0.5, 0.6) is 5.75 Å². The first-order chi connectivity index (χ1) is 9.46. The summed E-state index contributed by atoms with van der Waals surface area (Å²) in [6.45, 7) is 10.7. The second kappa shape index (κ2) is 7.65. The largest absolute Gasteiger partial charge is 0.496 e. The van der Waals surface area contributed by atoms with Crippen LogP contribution < -0.4 is 4.74 Å². The van der Waals surface area contributed by atoms with Crippen LogP contribution in [0.2, 0.25) is 5.02 Å². The topological polar surface area (TPSA) is 29.5 Å². The van der Waals surface area contributed by atoms with Crippen molar-refractivity contribution in [1.29, 1.82) is 0 Å². The van der Waals surface area contributed by atoms with Gasteiger partial charge in [0.25, 0.3) is 0 Å². The van der Waals surface area contributed by atoms with Crippen LogP contribution in [-0.4, -0.2) is 37.4 Å². The van der Waals surface area contributed by atoms with Gasteiger partial charge in [0, 0.05) is 18.0 Å². The molecule has 0 aromatic heterocycles. The molecule has 0 aliphatic rings. The van der Waals surface area contributed by atoms with E-state index in [-0.39, 0.29) is 5.78 Å². The highest BCUT2D eigenvalue weighted by Gasteiger charge is 2.19. The van der Waals surface area contributed by atoms with Crippen molar-refractivity contribution >= 4 is 17.4 Å². The summed E-state index contributed by atoms with van der Waals surface area (Å²) in [5.74, 6) is 0.710. The molecule has 0 aliphatic carbocycles. The lowest BCUT2D eigenvalue weighted by molar-refractivity contribution is 0.0963. The maximum absolute atomic E-state index is 12.5. The van der Waals surface area contributed by atoms with Crippen LogP contribution in [0.3, 0.4) is 0 Å². The lowest BCUT2D eigenvalue weighted by Gasteiger charge is -2.19. The number of hydrogen-bond donors (Lipinski definition) is 0. The van der Waals surface area contributed by atoms with Gasteiger partial charge in [0.05, 0.1) is 12.7 Å². The number of rotatable bonds is 7. The number of carbonyl (C=O) groups excluding carboxylic acids is 1. The average Bonchev–Trinajstić information content (AvgIpc) is 2.45. The predicted molar refractivity (Wildman–Crippen MR) is 84.2 cm³/mol. The Balaban J connectivity index is 3.00. The molecular formula is C16H24ClNO2. The van der Waals surface area contributed by atoms with Gasteiger partial charge in [-0.05, 0) is 44.1 Å². The SMILES string of the molecule is CCN(CC)CCC(=O)c1c(OC)cc(C)c(Cl)c1C. The maximum atomic E-state index is 12.5. The van der Waals surface area contributed by atoms with Crippen LogP contribution in [-0.2, 0) is 0 Å². The van der Waals surface area contributed by atoms with E-state index in [1.807, 2.05) is 19.9 Å². The zero-order chi connectivity index (χ0) is 15.3. The Labute approximate surface area is 126 Å².